The largest absolute Gasteiger partial charge is 0.461 e. The molecule has 128 valence electrons. The molecule has 0 bridgehead atoms. The molecular formula is C16H20N4O3S. The molecule has 2 unspecified atom stereocenters. The average Bonchev–Trinajstić information content (AvgIpc) is 3.08. The van der Waals surface area contributed by atoms with Crippen LogP contribution in [0.1, 0.15) is 31.3 Å². The molecule has 0 amide bonds. The molecule has 1 aliphatic heterocycles. The molecule has 1 aliphatic rings. The maximum absolute atomic E-state index is 12.2. The molecule has 0 spiro atoms. The van der Waals surface area contributed by atoms with E-state index in [0.29, 0.717) is 24.7 Å². The van der Waals surface area contributed by atoms with Gasteiger partial charge in [0.1, 0.15) is 0 Å². The lowest BCUT2D eigenvalue weighted by molar-refractivity contribution is -0.00564. The van der Waals surface area contributed by atoms with Crippen LogP contribution in [0.2, 0.25) is 0 Å². The second-order valence-corrected chi connectivity index (χ2v) is 6.62. The van der Waals surface area contributed by atoms with Crippen LogP contribution in [0.3, 0.4) is 0 Å². The van der Waals surface area contributed by atoms with Gasteiger partial charge in [0.05, 0.1) is 23.7 Å². The Morgan fingerprint density at radius 2 is 2.12 bits per heavy atom. The van der Waals surface area contributed by atoms with Crippen LogP contribution >= 0.6 is 11.3 Å². The van der Waals surface area contributed by atoms with Gasteiger partial charge < -0.3 is 14.4 Å². The predicted octanol–water partition coefficient (Wildman–Crippen LogP) is 2.39. The fraction of sp³-hybridized carbons (Fsp3) is 0.500. The highest BCUT2D eigenvalue weighted by atomic mass is 32.1. The van der Waals surface area contributed by atoms with Crippen molar-refractivity contribution in [2.75, 3.05) is 24.6 Å². The minimum Gasteiger partial charge on any atom is -0.461 e. The number of rotatable bonds is 4. The van der Waals surface area contributed by atoms with E-state index in [1.54, 1.807) is 6.92 Å². The molecule has 0 radical (unpaired) electrons. The van der Waals surface area contributed by atoms with Crippen LogP contribution in [0.15, 0.2) is 17.5 Å². The summed E-state index contributed by atoms with van der Waals surface area (Å²) in [6, 6.07) is 3.86. The normalized spacial score (nSPS) is 20.9. The van der Waals surface area contributed by atoms with Gasteiger partial charge in [0.25, 0.3) is 0 Å². The van der Waals surface area contributed by atoms with E-state index in [4.69, 9.17) is 9.47 Å². The van der Waals surface area contributed by atoms with Crippen LogP contribution in [0.5, 0.6) is 0 Å². The van der Waals surface area contributed by atoms with E-state index in [0.717, 1.165) is 4.88 Å². The summed E-state index contributed by atoms with van der Waals surface area (Å²) in [5.74, 6) is 0.519. The quantitative estimate of drug-likeness (QED) is 0.785. The lowest BCUT2D eigenvalue weighted by Gasteiger charge is -2.36. The summed E-state index contributed by atoms with van der Waals surface area (Å²) >= 11 is 1.53. The van der Waals surface area contributed by atoms with Gasteiger partial charge in [-0.1, -0.05) is 6.07 Å². The Morgan fingerprint density at radius 1 is 1.38 bits per heavy atom. The van der Waals surface area contributed by atoms with Crippen LogP contribution in [0, 0.1) is 0 Å². The van der Waals surface area contributed by atoms with Gasteiger partial charge in [-0.2, -0.15) is 0 Å². The molecule has 3 heterocycles. The van der Waals surface area contributed by atoms with E-state index in [1.165, 1.54) is 11.3 Å². The smallest absolute Gasteiger partial charge is 0.362 e. The molecule has 1 saturated heterocycles. The van der Waals surface area contributed by atoms with Crippen molar-refractivity contribution in [3.8, 4) is 10.7 Å². The first-order valence-electron chi connectivity index (χ1n) is 7.94. The monoisotopic (exact) mass is 348 g/mol. The van der Waals surface area contributed by atoms with Crippen LogP contribution in [0.25, 0.3) is 10.7 Å². The summed E-state index contributed by atoms with van der Waals surface area (Å²) in [5, 5.41) is 10.2. The Balaban J connectivity index is 2.01. The van der Waals surface area contributed by atoms with Crippen LogP contribution in [-0.2, 0) is 9.47 Å². The minimum absolute atomic E-state index is 0.0453. The second-order valence-electron chi connectivity index (χ2n) is 5.67. The van der Waals surface area contributed by atoms with E-state index >= 15 is 0 Å². The third-order valence-electron chi connectivity index (χ3n) is 3.60. The predicted molar refractivity (Wildman–Crippen MR) is 91.3 cm³/mol. The number of aromatic nitrogens is 3. The number of thiophene rings is 1. The number of hydrogen-bond donors (Lipinski definition) is 0. The molecule has 0 aromatic carbocycles. The summed E-state index contributed by atoms with van der Waals surface area (Å²) in [6.07, 6.45) is 0.0906. The highest BCUT2D eigenvalue weighted by Gasteiger charge is 2.29. The number of ether oxygens (including phenoxy) is 2. The molecule has 0 N–H and O–H groups in total. The van der Waals surface area contributed by atoms with Crippen molar-refractivity contribution in [2.45, 2.75) is 33.0 Å². The standard InChI is InChI=1S/C16H20N4O3S/c1-4-22-16(21)13-15(20-8-10(2)23-11(3)9-20)17-14(19-18-13)12-6-5-7-24-12/h5-7,10-11H,4,8-9H2,1-3H3. The number of hydrogen-bond acceptors (Lipinski definition) is 8. The topological polar surface area (TPSA) is 77.4 Å². The van der Waals surface area contributed by atoms with Crippen molar-refractivity contribution < 1.29 is 14.3 Å². The summed E-state index contributed by atoms with van der Waals surface area (Å²) < 4.78 is 10.9. The van der Waals surface area contributed by atoms with E-state index < -0.39 is 5.97 Å². The molecule has 2 aromatic heterocycles. The first kappa shape index (κ1) is 16.8. The highest BCUT2D eigenvalue weighted by Crippen LogP contribution is 2.26. The van der Waals surface area contributed by atoms with Crippen LogP contribution in [0.4, 0.5) is 5.82 Å². The molecule has 0 aliphatic carbocycles. The molecule has 1 fully saturated rings. The highest BCUT2D eigenvalue weighted by molar-refractivity contribution is 7.13. The lowest BCUT2D eigenvalue weighted by atomic mass is 10.2. The molecule has 0 saturated carbocycles. The number of carbonyl (C=O) groups excluding carboxylic acids is 1. The number of morpholine rings is 1. The maximum Gasteiger partial charge on any atom is 0.362 e. The molecule has 3 rings (SSSR count). The first-order valence-corrected chi connectivity index (χ1v) is 8.82. The van der Waals surface area contributed by atoms with Crippen LogP contribution < -0.4 is 4.90 Å². The van der Waals surface area contributed by atoms with Crippen molar-refractivity contribution in [3.05, 3.63) is 23.2 Å². The number of anilines is 1. The van der Waals surface area contributed by atoms with Gasteiger partial charge in [-0.3, -0.25) is 0 Å². The van der Waals surface area contributed by atoms with Gasteiger partial charge in [-0.15, -0.1) is 21.5 Å². The van der Waals surface area contributed by atoms with Crippen molar-refractivity contribution in [2.24, 2.45) is 0 Å². The minimum atomic E-state index is -0.503. The third-order valence-corrected chi connectivity index (χ3v) is 4.46. The third kappa shape index (κ3) is 3.54. The Morgan fingerprint density at radius 3 is 2.75 bits per heavy atom. The molecule has 2 atom stereocenters. The summed E-state index contributed by atoms with van der Waals surface area (Å²) in [6.45, 7) is 7.32. The fourth-order valence-electron chi connectivity index (χ4n) is 2.73. The SMILES string of the molecule is CCOC(=O)c1nnc(-c2cccs2)nc1N1CC(C)OC(C)C1. The van der Waals surface area contributed by atoms with E-state index in [2.05, 4.69) is 15.2 Å². The van der Waals surface area contributed by atoms with Crippen molar-refractivity contribution in [3.63, 3.8) is 0 Å². The molecule has 8 heteroatoms. The summed E-state index contributed by atoms with van der Waals surface area (Å²) in [4.78, 5) is 19.8. The van der Waals surface area contributed by atoms with Crippen LogP contribution in [-0.4, -0.2) is 53.1 Å². The van der Waals surface area contributed by atoms with Crippen molar-refractivity contribution >= 4 is 23.1 Å². The zero-order chi connectivity index (χ0) is 17.1. The van der Waals surface area contributed by atoms with Crippen molar-refractivity contribution in [1.29, 1.82) is 0 Å². The van der Waals surface area contributed by atoms with Gasteiger partial charge >= 0.3 is 5.97 Å². The van der Waals surface area contributed by atoms with Gasteiger partial charge in [0, 0.05) is 13.1 Å². The molecule has 24 heavy (non-hydrogen) atoms. The molecular weight excluding hydrogens is 328 g/mol. The van der Waals surface area contributed by atoms with E-state index in [9.17, 15) is 4.79 Å². The average molecular weight is 348 g/mol. The van der Waals surface area contributed by atoms with E-state index in [1.807, 2.05) is 36.3 Å². The van der Waals surface area contributed by atoms with Gasteiger partial charge in [-0.25, -0.2) is 9.78 Å². The zero-order valence-corrected chi connectivity index (χ0v) is 14.7. The number of esters is 1. The van der Waals surface area contributed by atoms with Gasteiger partial charge in [0.15, 0.2) is 11.6 Å². The number of nitrogens with zero attached hydrogens (tertiary/aromatic N) is 4. The Kier molecular flexibility index (Phi) is 5.06. The molecule has 7 nitrogen and oxygen atoms in total. The molecule has 2 aromatic rings. The Labute approximate surface area is 144 Å². The number of carbonyl (C=O) groups is 1. The van der Waals surface area contributed by atoms with Crippen molar-refractivity contribution in [1.82, 2.24) is 15.2 Å². The van der Waals surface area contributed by atoms with Gasteiger partial charge in [0.2, 0.25) is 5.69 Å². The fourth-order valence-corrected chi connectivity index (χ4v) is 3.38. The summed E-state index contributed by atoms with van der Waals surface area (Å²) in [7, 11) is 0. The maximum atomic E-state index is 12.2. The first-order chi connectivity index (χ1) is 11.6. The van der Waals surface area contributed by atoms with Gasteiger partial charge in [-0.05, 0) is 32.2 Å². The Bertz CT molecular complexity index is 697. The zero-order valence-electron chi connectivity index (χ0n) is 13.9. The summed E-state index contributed by atoms with van der Waals surface area (Å²) in [5.41, 5.74) is 0.151. The lowest BCUT2D eigenvalue weighted by Crippen LogP contribution is -2.46. The van der Waals surface area contributed by atoms with E-state index in [-0.39, 0.29) is 24.5 Å². The second kappa shape index (κ2) is 7.23. The Hall–Kier alpha value is -2.06.